The smallest absolute Gasteiger partial charge is 0.0715 e. The Morgan fingerprint density at radius 2 is 1.07 bits per heavy atom. The zero-order valence-electron chi connectivity index (χ0n) is 22.7. The predicted molar refractivity (Wildman–Crippen MR) is 180 cm³/mol. The van der Waals surface area contributed by atoms with Gasteiger partial charge in [-0.25, -0.2) is 0 Å². The van der Waals surface area contributed by atoms with Crippen LogP contribution in [-0.4, -0.2) is 9.55 Å². The lowest BCUT2D eigenvalue weighted by molar-refractivity contribution is 1.18. The lowest BCUT2D eigenvalue weighted by atomic mass is 9.98. The van der Waals surface area contributed by atoms with E-state index in [1.54, 1.807) is 0 Å². The van der Waals surface area contributed by atoms with Crippen molar-refractivity contribution in [1.82, 2.24) is 9.55 Å². The molecular formula is C39H24N2S. The van der Waals surface area contributed by atoms with E-state index in [1.807, 2.05) is 17.5 Å². The number of rotatable bonds is 3. The lowest BCUT2D eigenvalue weighted by Crippen LogP contribution is -1.94. The van der Waals surface area contributed by atoms with E-state index < -0.39 is 0 Å². The molecule has 3 heterocycles. The Hall–Kier alpha value is -5.25. The molecule has 3 aromatic heterocycles. The van der Waals surface area contributed by atoms with Crippen LogP contribution in [0.2, 0.25) is 0 Å². The van der Waals surface area contributed by atoms with E-state index in [2.05, 4.69) is 144 Å². The second kappa shape index (κ2) is 9.13. The van der Waals surface area contributed by atoms with Gasteiger partial charge in [-0.2, -0.15) is 0 Å². The maximum absolute atomic E-state index is 4.84. The van der Waals surface area contributed by atoms with Crippen molar-refractivity contribution in [2.45, 2.75) is 0 Å². The van der Waals surface area contributed by atoms with Gasteiger partial charge in [0.1, 0.15) is 0 Å². The number of para-hydroxylation sites is 2. The average Bonchev–Trinajstić information content (AvgIpc) is 3.61. The maximum atomic E-state index is 4.84. The SMILES string of the molecule is c1cc(-c2ccc(-c3ccc4c(c3)ncc3sc5ccccc5c34)cc2)cc(-n2c3ccccc3c3ccccc32)c1. The molecule has 0 atom stereocenters. The van der Waals surface area contributed by atoms with Crippen LogP contribution in [0.3, 0.4) is 0 Å². The largest absolute Gasteiger partial charge is 0.309 e. The van der Waals surface area contributed by atoms with E-state index in [4.69, 9.17) is 4.98 Å². The van der Waals surface area contributed by atoms with E-state index in [9.17, 15) is 0 Å². The second-order valence-corrected chi connectivity index (χ2v) is 11.9. The molecule has 0 amide bonds. The first-order valence-corrected chi connectivity index (χ1v) is 15.0. The molecule has 9 aromatic rings. The third kappa shape index (κ3) is 3.54. The highest BCUT2D eigenvalue weighted by atomic mass is 32.1. The van der Waals surface area contributed by atoms with Crippen molar-refractivity contribution in [3.05, 3.63) is 146 Å². The summed E-state index contributed by atoms with van der Waals surface area (Å²) < 4.78 is 4.92. The van der Waals surface area contributed by atoms with Crippen molar-refractivity contribution in [3.63, 3.8) is 0 Å². The molecule has 9 rings (SSSR count). The fourth-order valence-corrected chi connectivity index (χ4v) is 7.56. The number of aromatic nitrogens is 2. The monoisotopic (exact) mass is 552 g/mol. The number of pyridine rings is 1. The maximum Gasteiger partial charge on any atom is 0.0715 e. The number of nitrogens with zero attached hydrogens (tertiary/aromatic N) is 2. The summed E-state index contributed by atoms with van der Waals surface area (Å²) in [5.74, 6) is 0. The molecule has 42 heavy (non-hydrogen) atoms. The first-order valence-electron chi connectivity index (χ1n) is 14.2. The molecule has 0 spiro atoms. The molecule has 0 aliphatic carbocycles. The highest BCUT2D eigenvalue weighted by Gasteiger charge is 2.13. The van der Waals surface area contributed by atoms with Gasteiger partial charge in [0, 0.05) is 43.5 Å². The normalized spacial score (nSPS) is 11.8. The summed E-state index contributed by atoms with van der Waals surface area (Å²) in [5.41, 5.74) is 9.43. The van der Waals surface area contributed by atoms with Gasteiger partial charge in [0.2, 0.25) is 0 Å². The minimum Gasteiger partial charge on any atom is -0.309 e. The highest BCUT2D eigenvalue weighted by Crippen LogP contribution is 2.39. The summed E-state index contributed by atoms with van der Waals surface area (Å²) in [4.78, 5) is 4.84. The molecule has 0 aliphatic heterocycles. The number of hydrogen-bond acceptors (Lipinski definition) is 2. The fourth-order valence-electron chi connectivity index (χ4n) is 6.47. The molecule has 2 nitrogen and oxygen atoms in total. The van der Waals surface area contributed by atoms with Gasteiger partial charge in [-0.05, 0) is 58.7 Å². The Bertz CT molecular complexity index is 2410. The lowest BCUT2D eigenvalue weighted by Gasteiger charge is -2.11. The van der Waals surface area contributed by atoms with Crippen LogP contribution in [-0.2, 0) is 0 Å². The Morgan fingerprint density at radius 3 is 1.81 bits per heavy atom. The molecule has 6 aromatic carbocycles. The number of thiophene rings is 1. The molecule has 0 fully saturated rings. The van der Waals surface area contributed by atoms with E-state index >= 15 is 0 Å². The van der Waals surface area contributed by atoms with E-state index in [-0.39, 0.29) is 0 Å². The van der Waals surface area contributed by atoms with Gasteiger partial charge < -0.3 is 4.57 Å². The first-order chi connectivity index (χ1) is 20.8. The van der Waals surface area contributed by atoms with Gasteiger partial charge in [-0.3, -0.25) is 4.98 Å². The Labute approximate surface area is 246 Å². The molecule has 0 radical (unpaired) electrons. The quantitative estimate of drug-likeness (QED) is 0.213. The summed E-state index contributed by atoms with van der Waals surface area (Å²) in [6.07, 6.45) is 2.03. The molecular weight excluding hydrogens is 529 g/mol. The molecule has 0 saturated heterocycles. The van der Waals surface area contributed by atoms with Crippen molar-refractivity contribution >= 4 is 64.2 Å². The van der Waals surface area contributed by atoms with Crippen LogP contribution in [0.15, 0.2) is 146 Å². The summed E-state index contributed by atoms with van der Waals surface area (Å²) >= 11 is 1.81. The molecule has 3 heteroatoms. The van der Waals surface area contributed by atoms with Gasteiger partial charge in [0.05, 0.1) is 21.3 Å². The van der Waals surface area contributed by atoms with Crippen molar-refractivity contribution in [3.8, 4) is 27.9 Å². The van der Waals surface area contributed by atoms with Crippen LogP contribution in [0.1, 0.15) is 0 Å². The number of hydrogen-bond donors (Lipinski definition) is 0. The van der Waals surface area contributed by atoms with Crippen LogP contribution in [0, 0.1) is 0 Å². The third-order valence-electron chi connectivity index (χ3n) is 8.45. The molecule has 0 saturated carbocycles. The summed E-state index contributed by atoms with van der Waals surface area (Å²) in [5, 5.41) is 6.39. The second-order valence-electron chi connectivity index (χ2n) is 10.8. The summed E-state index contributed by atoms with van der Waals surface area (Å²) in [7, 11) is 0. The van der Waals surface area contributed by atoms with E-state index in [0.29, 0.717) is 0 Å². The molecule has 0 unspecified atom stereocenters. The van der Waals surface area contributed by atoms with Crippen molar-refractivity contribution < 1.29 is 0 Å². The van der Waals surface area contributed by atoms with Crippen molar-refractivity contribution in [1.29, 1.82) is 0 Å². The van der Waals surface area contributed by atoms with Crippen LogP contribution >= 0.6 is 11.3 Å². The molecule has 0 aliphatic rings. The number of benzene rings is 6. The van der Waals surface area contributed by atoms with Crippen molar-refractivity contribution in [2.75, 3.05) is 0 Å². The Balaban J connectivity index is 1.10. The summed E-state index contributed by atoms with van der Waals surface area (Å²) in [6, 6.07) is 50.4. The van der Waals surface area contributed by atoms with Gasteiger partial charge in [0.25, 0.3) is 0 Å². The average molecular weight is 553 g/mol. The van der Waals surface area contributed by atoms with Gasteiger partial charge >= 0.3 is 0 Å². The Morgan fingerprint density at radius 1 is 0.452 bits per heavy atom. The van der Waals surface area contributed by atoms with Gasteiger partial charge in [-0.1, -0.05) is 103 Å². The van der Waals surface area contributed by atoms with Crippen LogP contribution in [0.4, 0.5) is 0 Å². The molecule has 0 N–H and O–H groups in total. The topological polar surface area (TPSA) is 17.8 Å². The van der Waals surface area contributed by atoms with E-state index in [1.165, 1.54) is 75.3 Å². The van der Waals surface area contributed by atoms with Gasteiger partial charge in [0.15, 0.2) is 0 Å². The van der Waals surface area contributed by atoms with Crippen LogP contribution in [0.5, 0.6) is 0 Å². The zero-order chi connectivity index (χ0) is 27.6. The standard InChI is InChI=1S/C39H24N2S/c1-4-13-35-30(10-1)31-11-2-5-14-36(31)41(35)29-9-7-8-27(22-29)25-16-18-26(19-17-25)28-20-21-32-34(23-28)40-24-38-39(32)33-12-3-6-15-37(33)42-38/h1-24H. The van der Waals surface area contributed by atoms with E-state index in [0.717, 1.165) is 5.52 Å². The fraction of sp³-hybridized carbons (Fsp3) is 0. The molecule has 0 bridgehead atoms. The van der Waals surface area contributed by atoms with Crippen LogP contribution in [0.25, 0.3) is 80.8 Å². The van der Waals surface area contributed by atoms with Crippen LogP contribution < -0.4 is 0 Å². The first kappa shape index (κ1) is 23.5. The number of fused-ring (bicyclic) bond motifs is 8. The minimum absolute atomic E-state index is 1.03. The predicted octanol–water partition coefficient (Wildman–Crippen LogP) is 11.0. The molecule has 196 valence electrons. The minimum atomic E-state index is 1.03. The van der Waals surface area contributed by atoms with Gasteiger partial charge in [-0.15, -0.1) is 11.3 Å². The zero-order valence-corrected chi connectivity index (χ0v) is 23.5. The highest BCUT2D eigenvalue weighted by molar-refractivity contribution is 7.26. The third-order valence-corrected chi connectivity index (χ3v) is 9.55. The Kier molecular flexibility index (Phi) is 5.10. The summed E-state index contributed by atoms with van der Waals surface area (Å²) in [6.45, 7) is 0. The van der Waals surface area contributed by atoms with Crippen molar-refractivity contribution in [2.24, 2.45) is 0 Å².